The third-order valence-corrected chi connectivity index (χ3v) is 3.44. The van der Waals surface area contributed by atoms with Crippen LogP contribution in [0, 0.1) is 0 Å². The molecule has 3 rings (SSSR count). The molecule has 1 aromatic carbocycles. The van der Waals surface area contributed by atoms with Crippen molar-refractivity contribution in [1.82, 2.24) is 14.9 Å². The molecule has 0 saturated carbocycles. The molecule has 3 aromatic rings. The van der Waals surface area contributed by atoms with Gasteiger partial charge in [0.25, 0.3) is 0 Å². The number of nitrogens with one attached hydrogen (secondary N) is 1. The summed E-state index contributed by atoms with van der Waals surface area (Å²) in [6.45, 7) is 1.98. The Bertz CT molecular complexity index is 767. The van der Waals surface area contributed by atoms with Crippen LogP contribution in [0.15, 0.2) is 59.6 Å². The average Bonchev–Trinajstić information content (AvgIpc) is 3.20. The minimum Gasteiger partial charge on any atom is -0.478 e. The van der Waals surface area contributed by atoms with E-state index in [0.717, 1.165) is 17.0 Å². The van der Waals surface area contributed by atoms with Gasteiger partial charge < -0.3 is 19.4 Å². The average molecular weight is 350 g/mol. The van der Waals surface area contributed by atoms with Gasteiger partial charge in [0.1, 0.15) is 5.76 Å². The first-order valence-electron chi connectivity index (χ1n) is 7.27. The van der Waals surface area contributed by atoms with Gasteiger partial charge in [-0.1, -0.05) is 12.1 Å². The number of carboxylic acid groups (broad SMARTS) is 1. The number of hydrogen-bond donors (Lipinski definition) is 2. The molecule has 2 aromatic heterocycles. The first-order valence-corrected chi connectivity index (χ1v) is 7.27. The molecule has 0 bridgehead atoms. The summed E-state index contributed by atoms with van der Waals surface area (Å²) in [6, 6.07) is 10.6. The van der Waals surface area contributed by atoms with Crippen molar-refractivity contribution in [3.63, 3.8) is 0 Å². The van der Waals surface area contributed by atoms with E-state index in [2.05, 4.69) is 10.3 Å². The van der Waals surface area contributed by atoms with Gasteiger partial charge in [0.05, 0.1) is 30.4 Å². The number of nitrogens with zero attached hydrogens (tertiary/aromatic N) is 2. The molecule has 1 radical (unpaired) electrons. The van der Waals surface area contributed by atoms with Gasteiger partial charge in [-0.3, -0.25) is 0 Å². The third kappa shape index (κ3) is 5.40. The summed E-state index contributed by atoms with van der Waals surface area (Å²) in [5.74, 6) is -0.0212. The number of imidazole rings is 1. The van der Waals surface area contributed by atoms with E-state index in [1.54, 1.807) is 24.7 Å². The molecule has 6 nitrogen and oxygen atoms in total. The van der Waals surface area contributed by atoms with Crippen LogP contribution in [-0.2, 0) is 19.6 Å². The first kappa shape index (κ1) is 19.1. The molecule has 0 aliphatic carbocycles. The van der Waals surface area contributed by atoms with Gasteiger partial charge >= 0.3 is 5.97 Å². The van der Waals surface area contributed by atoms with Gasteiger partial charge in [-0.15, -0.1) is 0 Å². The molecule has 0 fully saturated rings. The molecular formula is C17H17KN3O3. The van der Waals surface area contributed by atoms with E-state index < -0.39 is 5.97 Å². The van der Waals surface area contributed by atoms with Crippen molar-refractivity contribution in [1.29, 1.82) is 0 Å². The van der Waals surface area contributed by atoms with Crippen LogP contribution in [0.3, 0.4) is 0 Å². The van der Waals surface area contributed by atoms with Crippen molar-refractivity contribution in [3.05, 3.63) is 77.8 Å². The summed E-state index contributed by atoms with van der Waals surface area (Å²) in [5.41, 5.74) is 2.27. The van der Waals surface area contributed by atoms with E-state index in [9.17, 15) is 4.79 Å². The summed E-state index contributed by atoms with van der Waals surface area (Å²) in [6.07, 6.45) is 5.40. The van der Waals surface area contributed by atoms with E-state index in [4.69, 9.17) is 9.52 Å². The Balaban J connectivity index is 0.00000208. The van der Waals surface area contributed by atoms with E-state index in [1.807, 2.05) is 35.0 Å². The Morgan fingerprint density at radius 3 is 2.67 bits per heavy atom. The smallest absolute Gasteiger partial charge is 0.335 e. The van der Waals surface area contributed by atoms with Crippen molar-refractivity contribution < 1.29 is 14.3 Å². The summed E-state index contributed by atoms with van der Waals surface area (Å²) < 4.78 is 7.22. The zero-order valence-corrected chi connectivity index (χ0v) is 16.6. The molecule has 119 valence electrons. The fourth-order valence-corrected chi connectivity index (χ4v) is 2.27. The fraction of sp³-hybridized carbons (Fsp3) is 0.176. The Morgan fingerprint density at radius 2 is 2.00 bits per heavy atom. The monoisotopic (exact) mass is 350 g/mol. The molecule has 0 aliphatic rings. The van der Waals surface area contributed by atoms with Crippen molar-refractivity contribution in [2.24, 2.45) is 0 Å². The van der Waals surface area contributed by atoms with Gasteiger partial charge in [-0.25, -0.2) is 9.78 Å². The Hall–Kier alpha value is -1.22. The van der Waals surface area contributed by atoms with Crippen LogP contribution in [0.4, 0.5) is 0 Å². The van der Waals surface area contributed by atoms with Gasteiger partial charge in [-0.05, 0) is 29.8 Å². The summed E-state index contributed by atoms with van der Waals surface area (Å²) in [4.78, 5) is 15.2. The second-order valence-electron chi connectivity index (χ2n) is 5.22. The van der Waals surface area contributed by atoms with E-state index >= 15 is 0 Å². The predicted octanol–water partition coefficient (Wildman–Crippen LogP) is 2.13. The number of aromatic carboxylic acids is 1. The van der Waals surface area contributed by atoms with Crippen LogP contribution < -0.4 is 5.32 Å². The molecular weight excluding hydrogens is 333 g/mol. The van der Waals surface area contributed by atoms with Crippen molar-refractivity contribution in [3.8, 4) is 0 Å². The Morgan fingerprint density at radius 1 is 1.21 bits per heavy atom. The van der Waals surface area contributed by atoms with Crippen molar-refractivity contribution in [2.45, 2.75) is 19.6 Å². The van der Waals surface area contributed by atoms with Crippen LogP contribution in [0.25, 0.3) is 0 Å². The Labute approximate surface area is 182 Å². The minimum atomic E-state index is -0.913. The second kappa shape index (κ2) is 9.31. The SMILES string of the molecule is O=C(O)c1ccc(Cn2cnc(CNCc3ccco3)c2)cc1.[K]. The maximum atomic E-state index is 10.8. The first-order chi connectivity index (χ1) is 11.2. The molecule has 0 aliphatic heterocycles. The van der Waals surface area contributed by atoms with Gasteiger partial charge in [0.15, 0.2) is 0 Å². The number of carbonyl (C=O) groups is 1. The molecule has 0 amide bonds. The summed E-state index contributed by atoms with van der Waals surface area (Å²) in [7, 11) is 0. The normalized spacial score (nSPS) is 10.3. The zero-order valence-electron chi connectivity index (χ0n) is 13.5. The molecule has 2 heterocycles. The van der Waals surface area contributed by atoms with Crippen LogP contribution in [0.5, 0.6) is 0 Å². The number of furan rings is 1. The largest absolute Gasteiger partial charge is 0.478 e. The zero-order chi connectivity index (χ0) is 16.1. The van der Waals surface area contributed by atoms with Crippen molar-refractivity contribution in [2.75, 3.05) is 0 Å². The number of rotatable bonds is 7. The van der Waals surface area contributed by atoms with Gasteiger partial charge in [-0.2, -0.15) is 0 Å². The summed E-state index contributed by atoms with van der Waals surface area (Å²) in [5, 5.41) is 12.2. The molecule has 2 N–H and O–H groups in total. The van der Waals surface area contributed by atoms with Gasteiger partial charge in [0, 0.05) is 70.7 Å². The van der Waals surface area contributed by atoms with Crippen molar-refractivity contribution >= 4 is 57.4 Å². The van der Waals surface area contributed by atoms with Crippen LogP contribution >= 0.6 is 0 Å². The molecule has 24 heavy (non-hydrogen) atoms. The quantitative estimate of drug-likeness (QED) is 0.638. The maximum absolute atomic E-state index is 10.8. The van der Waals surface area contributed by atoms with Gasteiger partial charge in [0.2, 0.25) is 0 Å². The van der Waals surface area contributed by atoms with E-state index in [1.165, 1.54) is 0 Å². The number of hydrogen-bond acceptors (Lipinski definition) is 4. The standard InChI is InChI=1S/C17H17N3O3.K/c21-17(22)14-5-3-13(4-6-14)10-20-11-15(19-12-20)8-18-9-16-2-1-7-23-16;/h1-7,11-12,18H,8-10H2,(H,21,22);. The van der Waals surface area contributed by atoms with E-state index in [0.29, 0.717) is 25.2 Å². The number of benzene rings is 1. The third-order valence-electron chi connectivity index (χ3n) is 3.44. The second-order valence-corrected chi connectivity index (χ2v) is 5.22. The van der Waals surface area contributed by atoms with Crippen LogP contribution in [-0.4, -0.2) is 72.0 Å². The van der Waals surface area contributed by atoms with Crippen LogP contribution in [0.1, 0.15) is 27.4 Å². The van der Waals surface area contributed by atoms with E-state index in [-0.39, 0.29) is 51.4 Å². The molecule has 0 saturated heterocycles. The fourth-order valence-electron chi connectivity index (χ4n) is 2.27. The molecule has 7 heteroatoms. The summed E-state index contributed by atoms with van der Waals surface area (Å²) >= 11 is 0. The topological polar surface area (TPSA) is 80.3 Å². The van der Waals surface area contributed by atoms with Crippen LogP contribution in [0.2, 0.25) is 0 Å². The Kier molecular flexibility index (Phi) is 7.41. The predicted molar refractivity (Wildman–Crippen MR) is 89.7 cm³/mol. The maximum Gasteiger partial charge on any atom is 0.335 e. The molecule has 0 spiro atoms. The number of carboxylic acids is 1. The number of aromatic nitrogens is 2. The molecule has 0 atom stereocenters. The minimum absolute atomic E-state index is 0. The molecule has 0 unspecified atom stereocenters.